The summed E-state index contributed by atoms with van der Waals surface area (Å²) in [6, 6.07) is 23.9. The van der Waals surface area contributed by atoms with Crippen LogP contribution in [0.25, 0.3) is 22.2 Å². The molecule has 0 atom stereocenters. The molecule has 0 radical (unpaired) electrons. The van der Waals surface area contributed by atoms with Gasteiger partial charge in [-0.15, -0.1) is 0 Å². The number of hydrogen-bond acceptors (Lipinski definition) is 8. The summed E-state index contributed by atoms with van der Waals surface area (Å²) in [6.45, 7) is 3.75. The van der Waals surface area contributed by atoms with Gasteiger partial charge >= 0.3 is 11.9 Å². The first-order valence-electron chi connectivity index (χ1n) is 15.3. The van der Waals surface area contributed by atoms with Gasteiger partial charge in [-0.1, -0.05) is 24.3 Å². The molecule has 6 aromatic rings. The molecule has 0 aliphatic heterocycles. The molecule has 0 fully saturated rings. The fourth-order valence-corrected chi connectivity index (χ4v) is 5.67. The predicted molar refractivity (Wildman–Crippen MR) is 179 cm³/mol. The first-order valence-corrected chi connectivity index (χ1v) is 15.3. The van der Waals surface area contributed by atoms with Crippen molar-refractivity contribution >= 4 is 34.5 Å². The van der Waals surface area contributed by atoms with Crippen LogP contribution in [0, 0.1) is 0 Å². The Morgan fingerprint density at radius 3 is 1.35 bits per heavy atom. The summed E-state index contributed by atoms with van der Waals surface area (Å²) in [5.74, 6) is -0.659. The molecule has 0 aliphatic carbocycles. The lowest BCUT2D eigenvalue weighted by Crippen LogP contribution is -2.05. The zero-order valence-electron chi connectivity index (χ0n) is 26.8. The van der Waals surface area contributed by atoms with E-state index in [2.05, 4.69) is 0 Å². The third kappa shape index (κ3) is 5.79. The highest BCUT2D eigenvalue weighted by atomic mass is 16.5. The molecule has 4 aromatic heterocycles. The van der Waals surface area contributed by atoms with Gasteiger partial charge < -0.3 is 27.7 Å². The molecule has 48 heavy (non-hydrogen) atoms. The second kappa shape index (κ2) is 13.3. The zero-order valence-corrected chi connectivity index (χ0v) is 26.8. The van der Waals surface area contributed by atoms with E-state index in [9.17, 15) is 19.2 Å². The molecule has 242 valence electrons. The molecule has 6 rings (SSSR count). The third-order valence-corrected chi connectivity index (χ3v) is 8.00. The Balaban J connectivity index is 1.48. The summed E-state index contributed by atoms with van der Waals surface area (Å²) in [5.41, 5.74) is 4.14. The van der Waals surface area contributed by atoms with Gasteiger partial charge in [-0.2, -0.15) is 0 Å². The molecule has 0 spiro atoms. The van der Waals surface area contributed by atoms with Gasteiger partial charge in [-0.05, 0) is 85.6 Å². The van der Waals surface area contributed by atoms with Crippen LogP contribution in [0.4, 0.5) is 0 Å². The van der Waals surface area contributed by atoms with E-state index < -0.39 is 11.9 Å². The van der Waals surface area contributed by atoms with Crippen molar-refractivity contribution < 1.29 is 38.1 Å². The zero-order chi connectivity index (χ0) is 33.9. The number of ether oxygens (including phenoxy) is 4. The molecule has 10 heteroatoms. The average Bonchev–Trinajstić information content (AvgIpc) is 3.70. The van der Waals surface area contributed by atoms with E-state index in [1.54, 1.807) is 95.7 Å². The van der Waals surface area contributed by atoms with E-state index in [0.29, 0.717) is 44.8 Å². The summed E-state index contributed by atoms with van der Waals surface area (Å²) >= 11 is 0. The van der Waals surface area contributed by atoms with Crippen LogP contribution in [0.3, 0.4) is 0 Å². The highest BCUT2D eigenvalue weighted by molar-refractivity contribution is 6.13. The monoisotopic (exact) mass is 644 g/mol. The summed E-state index contributed by atoms with van der Waals surface area (Å²) < 4.78 is 24.6. The van der Waals surface area contributed by atoms with Gasteiger partial charge in [0, 0.05) is 23.5 Å². The maximum Gasteiger partial charge on any atom is 0.340 e. The Kier molecular flexibility index (Phi) is 8.81. The highest BCUT2D eigenvalue weighted by Crippen LogP contribution is 2.31. The smallest absolute Gasteiger partial charge is 0.340 e. The predicted octanol–water partition coefficient (Wildman–Crippen LogP) is 6.69. The Morgan fingerprint density at radius 2 is 0.979 bits per heavy atom. The van der Waals surface area contributed by atoms with Gasteiger partial charge in [-0.25, -0.2) is 9.59 Å². The average molecular weight is 645 g/mol. The summed E-state index contributed by atoms with van der Waals surface area (Å²) in [6.07, 6.45) is 3.43. The molecule has 0 unspecified atom stereocenters. The summed E-state index contributed by atoms with van der Waals surface area (Å²) in [4.78, 5) is 53.5. The lowest BCUT2D eigenvalue weighted by molar-refractivity contribution is 0.0519. The van der Waals surface area contributed by atoms with Crippen LogP contribution in [0.5, 0.6) is 11.5 Å². The van der Waals surface area contributed by atoms with Crippen molar-refractivity contribution in [3.05, 3.63) is 131 Å². The minimum absolute atomic E-state index is 0.160. The highest BCUT2D eigenvalue weighted by Gasteiger charge is 2.24. The van der Waals surface area contributed by atoms with Gasteiger partial charge in [0.05, 0.1) is 61.0 Å². The fourth-order valence-electron chi connectivity index (χ4n) is 5.67. The van der Waals surface area contributed by atoms with Gasteiger partial charge in [0.1, 0.15) is 11.5 Å². The molecular weight excluding hydrogens is 612 g/mol. The van der Waals surface area contributed by atoms with E-state index >= 15 is 0 Å². The van der Waals surface area contributed by atoms with Crippen LogP contribution in [0.2, 0.25) is 0 Å². The van der Waals surface area contributed by atoms with Crippen LogP contribution in [0.15, 0.2) is 97.3 Å². The lowest BCUT2D eigenvalue weighted by Gasteiger charge is -2.09. The van der Waals surface area contributed by atoms with Crippen LogP contribution in [-0.4, -0.2) is 59.7 Å². The summed E-state index contributed by atoms with van der Waals surface area (Å²) in [5, 5.41) is 0. The van der Waals surface area contributed by atoms with Gasteiger partial charge in [-0.3, -0.25) is 9.59 Å². The number of carbonyl (C=O) groups is 4. The van der Waals surface area contributed by atoms with Crippen molar-refractivity contribution in [1.82, 2.24) is 8.80 Å². The van der Waals surface area contributed by atoms with E-state index in [0.717, 1.165) is 0 Å². The Hall–Kier alpha value is -6.16. The molecule has 0 amide bonds. The standard InChI is InChI=1S/C38H32N2O8/c1-5-47-37(43)29-21-33(35(41)25-9-7-11-27(17-25)45-3)39-15-13-23(19-31(29)39)24-14-16-40-32(20-24)30(38(44)48-6-2)22-34(40)36(42)26-10-8-12-28(18-26)46-4/h7-22H,5-6H2,1-4H3. The van der Waals surface area contributed by atoms with Crippen LogP contribution >= 0.6 is 0 Å². The van der Waals surface area contributed by atoms with Crippen LogP contribution in [0.1, 0.15) is 66.7 Å². The number of esters is 2. The van der Waals surface area contributed by atoms with Gasteiger partial charge in [0.15, 0.2) is 0 Å². The van der Waals surface area contributed by atoms with Gasteiger partial charge in [0.25, 0.3) is 0 Å². The van der Waals surface area contributed by atoms with Crippen molar-refractivity contribution in [2.75, 3.05) is 27.4 Å². The SMILES string of the molecule is CCOC(=O)c1cc(C(=O)c2cccc(OC)c2)n2ccc(-c3ccn4c(C(=O)c5cccc(OC)c5)cc(C(=O)OCC)c4c3)cc12. The molecule has 10 nitrogen and oxygen atoms in total. The molecule has 0 N–H and O–H groups in total. The Morgan fingerprint density at radius 1 is 0.562 bits per heavy atom. The molecule has 0 saturated heterocycles. The van der Waals surface area contributed by atoms with Crippen LogP contribution < -0.4 is 9.47 Å². The quantitative estimate of drug-likeness (QED) is 0.113. The number of nitrogens with zero attached hydrogens (tertiary/aromatic N) is 2. The number of ketones is 2. The number of aromatic nitrogens is 2. The first-order chi connectivity index (χ1) is 23.3. The molecule has 0 saturated carbocycles. The molecular formula is C38H32N2O8. The van der Waals surface area contributed by atoms with Crippen molar-refractivity contribution in [2.24, 2.45) is 0 Å². The maximum atomic E-state index is 13.7. The fraction of sp³-hybridized carbons (Fsp3) is 0.158. The van der Waals surface area contributed by atoms with Crippen molar-refractivity contribution in [1.29, 1.82) is 0 Å². The second-order valence-corrected chi connectivity index (χ2v) is 10.8. The molecule has 4 heterocycles. The number of benzene rings is 2. The number of hydrogen-bond donors (Lipinski definition) is 0. The number of fused-ring (bicyclic) bond motifs is 2. The first kappa shape index (κ1) is 31.8. The number of carbonyl (C=O) groups excluding carboxylic acids is 4. The van der Waals surface area contributed by atoms with Crippen molar-refractivity contribution in [2.45, 2.75) is 13.8 Å². The molecule has 0 aliphatic rings. The van der Waals surface area contributed by atoms with Gasteiger partial charge in [0.2, 0.25) is 11.6 Å². The lowest BCUT2D eigenvalue weighted by atomic mass is 10.1. The topological polar surface area (TPSA) is 114 Å². The van der Waals surface area contributed by atoms with Crippen molar-refractivity contribution in [3.8, 4) is 22.6 Å². The number of rotatable bonds is 11. The molecule has 2 aromatic carbocycles. The minimum atomic E-state index is -0.566. The largest absolute Gasteiger partial charge is 0.497 e. The minimum Gasteiger partial charge on any atom is -0.497 e. The Bertz CT molecular complexity index is 2070. The molecule has 0 bridgehead atoms. The number of pyridine rings is 2. The number of methoxy groups -OCH3 is 2. The maximum absolute atomic E-state index is 13.7. The van der Waals surface area contributed by atoms with Crippen molar-refractivity contribution in [3.63, 3.8) is 0 Å². The summed E-state index contributed by atoms with van der Waals surface area (Å²) in [7, 11) is 3.05. The van der Waals surface area contributed by atoms with E-state index in [4.69, 9.17) is 18.9 Å². The normalized spacial score (nSPS) is 11.0. The second-order valence-electron chi connectivity index (χ2n) is 10.8. The van der Waals surface area contributed by atoms with E-state index in [1.807, 2.05) is 12.1 Å². The van der Waals surface area contributed by atoms with E-state index in [-0.39, 0.29) is 47.3 Å². The Labute approximate surface area is 276 Å². The third-order valence-electron chi connectivity index (χ3n) is 8.00. The van der Waals surface area contributed by atoms with Crippen LogP contribution in [-0.2, 0) is 9.47 Å². The van der Waals surface area contributed by atoms with E-state index in [1.165, 1.54) is 26.4 Å².